The van der Waals surface area contributed by atoms with Gasteiger partial charge in [-0.05, 0) is 31.4 Å². The molecule has 1 fully saturated rings. The van der Waals surface area contributed by atoms with E-state index < -0.39 is 0 Å². The summed E-state index contributed by atoms with van der Waals surface area (Å²) >= 11 is 0. The van der Waals surface area contributed by atoms with E-state index in [9.17, 15) is 0 Å². The van der Waals surface area contributed by atoms with E-state index in [-0.39, 0.29) is 24.4 Å². The second-order valence-corrected chi connectivity index (χ2v) is 8.21. The monoisotopic (exact) mass is 444 g/mol. The summed E-state index contributed by atoms with van der Waals surface area (Å²) in [5.41, 5.74) is 7.90. The molecule has 168 valence electrons. The fourth-order valence-electron chi connectivity index (χ4n) is 4.47. The molecule has 3 N–H and O–H groups in total. The van der Waals surface area contributed by atoms with Gasteiger partial charge in [0.1, 0.15) is 6.04 Å². The molecule has 4 rings (SSSR count). The first-order valence-electron chi connectivity index (χ1n) is 11.2. The highest BCUT2D eigenvalue weighted by molar-refractivity contribution is 5.93. The van der Waals surface area contributed by atoms with Crippen LogP contribution in [0.3, 0.4) is 0 Å². The maximum atomic E-state index is 7.77. The molecule has 0 spiro atoms. The Morgan fingerprint density at radius 2 is 2.00 bits per heavy atom. The summed E-state index contributed by atoms with van der Waals surface area (Å²) in [5.74, 6) is 1.20. The van der Waals surface area contributed by atoms with Crippen molar-refractivity contribution in [3.63, 3.8) is 0 Å². The van der Waals surface area contributed by atoms with Gasteiger partial charge in [0, 0.05) is 35.8 Å². The highest BCUT2D eigenvalue weighted by Crippen LogP contribution is 2.33. The molecule has 1 aliphatic heterocycles. The lowest BCUT2D eigenvalue weighted by Crippen LogP contribution is -2.35. The van der Waals surface area contributed by atoms with Crippen LogP contribution in [0.5, 0.6) is 0 Å². The van der Waals surface area contributed by atoms with Gasteiger partial charge in [-0.1, -0.05) is 56.3 Å². The number of guanidine groups is 1. The van der Waals surface area contributed by atoms with Crippen molar-refractivity contribution in [2.45, 2.75) is 70.9 Å². The Labute approximate surface area is 189 Å². The van der Waals surface area contributed by atoms with Crippen molar-refractivity contribution < 1.29 is 4.52 Å². The zero-order valence-electron chi connectivity index (χ0n) is 18.2. The Morgan fingerprint density at radius 3 is 2.81 bits per heavy atom. The number of nitrogens with one attached hydrogen (secondary N) is 1. The van der Waals surface area contributed by atoms with Crippen LogP contribution < -0.4 is 5.73 Å². The van der Waals surface area contributed by atoms with E-state index in [1.165, 1.54) is 44.0 Å². The molecule has 3 aromatic rings. The molecule has 1 unspecified atom stereocenters. The first kappa shape index (κ1) is 23.1. The Bertz CT molecular complexity index is 997. The minimum absolute atomic E-state index is 0. The predicted octanol–water partition coefficient (Wildman–Crippen LogP) is 5.50. The summed E-state index contributed by atoms with van der Waals surface area (Å²) in [6, 6.07) is 8.31. The van der Waals surface area contributed by atoms with Crippen LogP contribution in [0, 0.1) is 5.41 Å². The molecule has 7 nitrogen and oxygen atoms in total. The lowest BCUT2D eigenvalue weighted by atomic mass is 10.1. The van der Waals surface area contributed by atoms with Gasteiger partial charge in [0.2, 0.25) is 11.7 Å². The van der Waals surface area contributed by atoms with Crippen LogP contribution in [0.25, 0.3) is 22.3 Å². The molecule has 0 bridgehead atoms. The van der Waals surface area contributed by atoms with Gasteiger partial charge in [0.25, 0.3) is 0 Å². The number of aryl methyl sites for hydroxylation is 1. The third-order valence-corrected chi connectivity index (χ3v) is 6.10. The highest BCUT2D eigenvalue weighted by Gasteiger charge is 2.31. The number of rotatable bonds is 9. The van der Waals surface area contributed by atoms with Gasteiger partial charge >= 0.3 is 0 Å². The van der Waals surface area contributed by atoms with Gasteiger partial charge in [0.15, 0.2) is 5.96 Å². The standard InChI is InChI=1S/C23H32N6O.ClH/c1-2-3-4-5-6-7-14-28-16-13-17-18(10-8-11-19(17)28)21-26-22(30-27-21)20-12-9-15-29(20)23(24)25;/h8,10-11,13,16,20H,2-7,9,12,14-15H2,1H3,(H3,24,25);1H. The van der Waals surface area contributed by atoms with Crippen LogP contribution in [0.4, 0.5) is 0 Å². The number of fused-ring (bicyclic) bond motifs is 1. The van der Waals surface area contributed by atoms with Gasteiger partial charge < -0.3 is 19.7 Å². The summed E-state index contributed by atoms with van der Waals surface area (Å²) in [5, 5.41) is 13.2. The summed E-state index contributed by atoms with van der Waals surface area (Å²) in [4.78, 5) is 6.51. The maximum absolute atomic E-state index is 7.77. The second-order valence-electron chi connectivity index (χ2n) is 8.21. The van der Waals surface area contributed by atoms with Crippen molar-refractivity contribution in [1.82, 2.24) is 19.6 Å². The van der Waals surface area contributed by atoms with Crippen LogP contribution in [0.1, 0.15) is 70.2 Å². The Morgan fingerprint density at radius 1 is 1.19 bits per heavy atom. The number of aromatic nitrogens is 3. The maximum Gasteiger partial charge on any atom is 0.249 e. The number of benzene rings is 1. The normalized spacial score (nSPS) is 16.0. The van der Waals surface area contributed by atoms with E-state index in [1.807, 2.05) is 11.0 Å². The van der Waals surface area contributed by atoms with Crippen molar-refractivity contribution in [3.05, 3.63) is 36.4 Å². The van der Waals surface area contributed by atoms with Crippen molar-refractivity contribution in [1.29, 1.82) is 5.41 Å². The number of nitrogens with two attached hydrogens (primary N) is 1. The van der Waals surface area contributed by atoms with Gasteiger partial charge in [0.05, 0.1) is 0 Å². The molecule has 1 aromatic carbocycles. The predicted molar refractivity (Wildman–Crippen MR) is 126 cm³/mol. The lowest BCUT2D eigenvalue weighted by molar-refractivity contribution is 0.283. The smallest absolute Gasteiger partial charge is 0.249 e. The SMILES string of the molecule is CCCCCCCCn1ccc2c(-c3noc(C4CCCN4C(=N)N)n3)cccc21.Cl. The summed E-state index contributed by atoms with van der Waals surface area (Å²) in [7, 11) is 0. The third kappa shape index (κ3) is 5.03. The molecule has 0 aliphatic carbocycles. The zero-order valence-corrected chi connectivity index (χ0v) is 19.0. The molecule has 0 amide bonds. The molecule has 3 heterocycles. The van der Waals surface area contributed by atoms with E-state index >= 15 is 0 Å². The largest absolute Gasteiger partial charge is 0.370 e. The molecule has 8 heteroatoms. The summed E-state index contributed by atoms with van der Waals surface area (Å²) < 4.78 is 7.92. The van der Waals surface area contributed by atoms with Crippen LogP contribution in [0.2, 0.25) is 0 Å². The van der Waals surface area contributed by atoms with Gasteiger partial charge in [-0.3, -0.25) is 5.41 Å². The Balaban J connectivity index is 0.00000272. The molecule has 1 saturated heterocycles. The van der Waals surface area contributed by atoms with E-state index in [1.54, 1.807) is 0 Å². The first-order chi connectivity index (χ1) is 14.7. The molecule has 1 atom stereocenters. The molecule has 0 saturated carbocycles. The van der Waals surface area contributed by atoms with Gasteiger partial charge in [-0.25, -0.2) is 0 Å². The molecular formula is C23H33ClN6O. The van der Waals surface area contributed by atoms with E-state index in [0.717, 1.165) is 36.9 Å². The van der Waals surface area contributed by atoms with Crippen molar-refractivity contribution in [2.24, 2.45) is 5.73 Å². The van der Waals surface area contributed by atoms with E-state index in [2.05, 4.69) is 46.0 Å². The first-order valence-corrected chi connectivity index (χ1v) is 11.2. The Hall–Kier alpha value is -2.54. The fraction of sp³-hybridized carbons (Fsp3) is 0.522. The van der Waals surface area contributed by atoms with Gasteiger partial charge in [-0.2, -0.15) is 4.98 Å². The number of hydrogen-bond donors (Lipinski definition) is 2. The number of nitrogens with zero attached hydrogens (tertiary/aromatic N) is 4. The van der Waals surface area contributed by atoms with Gasteiger partial charge in [-0.15, -0.1) is 12.4 Å². The van der Waals surface area contributed by atoms with E-state index in [4.69, 9.17) is 15.7 Å². The molecule has 0 radical (unpaired) electrons. The average Bonchev–Trinajstić information content (AvgIpc) is 3.49. The number of unbranched alkanes of at least 4 members (excludes halogenated alkanes) is 5. The summed E-state index contributed by atoms with van der Waals surface area (Å²) in [6.45, 7) is 4.05. The summed E-state index contributed by atoms with van der Waals surface area (Å²) in [6.07, 6.45) is 11.8. The topological polar surface area (TPSA) is 97.0 Å². The quantitative estimate of drug-likeness (QED) is 0.258. The number of hydrogen-bond acceptors (Lipinski definition) is 4. The fourth-order valence-corrected chi connectivity index (χ4v) is 4.47. The zero-order chi connectivity index (χ0) is 20.9. The second kappa shape index (κ2) is 10.7. The number of halogens is 1. The van der Waals surface area contributed by atoms with Crippen molar-refractivity contribution in [2.75, 3.05) is 6.54 Å². The molecule has 1 aliphatic rings. The van der Waals surface area contributed by atoms with E-state index in [0.29, 0.717) is 11.7 Å². The highest BCUT2D eigenvalue weighted by atomic mass is 35.5. The number of likely N-dealkylation sites (tertiary alicyclic amines) is 1. The van der Waals surface area contributed by atoms with Crippen LogP contribution in [-0.2, 0) is 6.54 Å². The van der Waals surface area contributed by atoms with Crippen molar-refractivity contribution >= 4 is 29.3 Å². The minimum Gasteiger partial charge on any atom is -0.370 e. The molecule has 2 aromatic heterocycles. The van der Waals surface area contributed by atoms with Crippen LogP contribution >= 0.6 is 12.4 Å². The third-order valence-electron chi connectivity index (χ3n) is 6.10. The van der Waals surface area contributed by atoms with Crippen LogP contribution in [-0.4, -0.2) is 32.1 Å². The average molecular weight is 445 g/mol. The Kier molecular flexibility index (Phi) is 7.96. The lowest BCUT2D eigenvalue weighted by Gasteiger charge is -2.21. The minimum atomic E-state index is -0.0970. The van der Waals surface area contributed by atoms with Crippen molar-refractivity contribution in [3.8, 4) is 11.4 Å². The molecular weight excluding hydrogens is 412 g/mol. The molecule has 31 heavy (non-hydrogen) atoms. The van der Waals surface area contributed by atoms with Crippen LogP contribution in [0.15, 0.2) is 35.0 Å².